The number of nitrogens with zero attached hydrogens (tertiary/aromatic N) is 1. The molecule has 0 radical (unpaired) electrons. The number of hydrogen-bond donors (Lipinski definition) is 1. The summed E-state index contributed by atoms with van der Waals surface area (Å²) in [6, 6.07) is 6.16. The number of ether oxygens (including phenoxy) is 1. The molecule has 1 saturated carbocycles. The molecule has 7 heteroatoms. The third-order valence-corrected chi connectivity index (χ3v) is 5.93. The van der Waals surface area contributed by atoms with Crippen LogP contribution in [0.1, 0.15) is 25.7 Å². The van der Waals surface area contributed by atoms with Gasteiger partial charge >= 0.3 is 0 Å². The minimum atomic E-state index is -3.45. The van der Waals surface area contributed by atoms with Gasteiger partial charge in [-0.1, -0.05) is 0 Å². The molecule has 6 nitrogen and oxygen atoms in total. The van der Waals surface area contributed by atoms with Crippen LogP contribution >= 0.6 is 0 Å². The van der Waals surface area contributed by atoms with Gasteiger partial charge < -0.3 is 10.1 Å². The van der Waals surface area contributed by atoms with Crippen LogP contribution in [0.15, 0.2) is 29.2 Å². The molecule has 1 fully saturated rings. The Morgan fingerprint density at radius 1 is 1.27 bits per heavy atom. The van der Waals surface area contributed by atoms with Crippen molar-refractivity contribution in [3.8, 4) is 0 Å². The first-order chi connectivity index (χ1) is 10.3. The number of nitrogens with one attached hydrogen (secondary N) is 1. The maximum Gasteiger partial charge on any atom is 0.242 e. The van der Waals surface area contributed by atoms with E-state index in [0.29, 0.717) is 12.1 Å². The van der Waals surface area contributed by atoms with Crippen LogP contribution in [0.2, 0.25) is 0 Å². The van der Waals surface area contributed by atoms with Crippen LogP contribution < -0.4 is 5.32 Å². The number of amides is 1. The molecule has 0 aliphatic heterocycles. The van der Waals surface area contributed by atoms with Gasteiger partial charge in [0, 0.05) is 26.9 Å². The number of carbonyl (C=O) groups is 1. The number of methoxy groups -OCH3 is 1. The number of benzene rings is 1. The summed E-state index contributed by atoms with van der Waals surface area (Å²) in [5.41, 5.74) is 0.256. The van der Waals surface area contributed by atoms with Gasteiger partial charge in [0.05, 0.1) is 16.9 Å². The molecule has 1 aromatic rings. The molecule has 122 valence electrons. The molecule has 1 N–H and O–H groups in total. The molecule has 1 aliphatic rings. The molecule has 1 aromatic carbocycles. The molecule has 1 amide bonds. The zero-order chi connectivity index (χ0) is 16.4. The molecule has 0 spiro atoms. The quantitative estimate of drug-likeness (QED) is 0.865. The molecule has 22 heavy (non-hydrogen) atoms. The Hall–Kier alpha value is -1.44. The van der Waals surface area contributed by atoms with Crippen LogP contribution in [0.5, 0.6) is 0 Å². The highest BCUT2D eigenvalue weighted by atomic mass is 32.2. The number of carbonyl (C=O) groups excluding carboxylic acids is 1. The van der Waals surface area contributed by atoms with Gasteiger partial charge in [-0.05, 0) is 43.5 Å². The largest absolute Gasteiger partial charge is 0.378 e. The van der Waals surface area contributed by atoms with E-state index < -0.39 is 10.0 Å². The molecule has 2 rings (SSSR count). The average molecular weight is 326 g/mol. The van der Waals surface area contributed by atoms with Crippen LogP contribution in [-0.4, -0.2) is 45.4 Å². The summed E-state index contributed by atoms with van der Waals surface area (Å²) in [6.07, 6.45) is 3.20. The Labute approximate surface area is 131 Å². The Bertz CT molecular complexity index is 629. The van der Waals surface area contributed by atoms with E-state index in [-0.39, 0.29) is 16.4 Å². The Morgan fingerprint density at radius 3 is 2.27 bits per heavy atom. The van der Waals surface area contributed by atoms with Crippen molar-refractivity contribution in [1.82, 2.24) is 4.31 Å². The summed E-state index contributed by atoms with van der Waals surface area (Å²) in [7, 11) is 1.14. The summed E-state index contributed by atoms with van der Waals surface area (Å²) in [4.78, 5) is 12.2. The van der Waals surface area contributed by atoms with Crippen LogP contribution in [0.25, 0.3) is 0 Å². The number of anilines is 1. The molecular weight excluding hydrogens is 304 g/mol. The maximum atomic E-state index is 12.1. The van der Waals surface area contributed by atoms with Crippen molar-refractivity contribution >= 4 is 21.6 Å². The molecule has 0 heterocycles. The number of rotatable bonds is 6. The molecular formula is C15H22N2O4S. The lowest BCUT2D eigenvalue weighted by Crippen LogP contribution is -2.42. The van der Waals surface area contributed by atoms with Crippen molar-refractivity contribution in [2.24, 2.45) is 0 Å². The van der Waals surface area contributed by atoms with Crippen molar-refractivity contribution in [3.05, 3.63) is 24.3 Å². The van der Waals surface area contributed by atoms with E-state index in [1.807, 2.05) is 0 Å². The second kappa shape index (κ2) is 6.36. The van der Waals surface area contributed by atoms with E-state index in [0.717, 1.165) is 23.6 Å². The molecule has 0 aromatic heterocycles. The van der Waals surface area contributed by atoms with Gasteiger partial charge in [-0.25, -0.2) is 12.7 Å². The van der Waals surface area contributed by atoms with Crippen LogP contribution in [0, 0.1) is 0 Å². The van der Waals surface area contributed by atoms with E-state index in [1.54, 1.807) is 19.2 Å². The molecule has 0 bridgehead atoms. The van der Waals surface area contributed by atoms with E-state index >= 15 is 0 Å². The van der Waals surface area contributed by atoms with Gasteiger partial charge in [0.15, 0.2) is 0 Å². The Kier molecular flexibility index (Phi) is 4.89. The first kappa shape index (κ1) is 16.9. The fourth-order valence-electron chi connectivity index (χ4n) is 2.44. The normalized spacial score (nSPS) is 17.1. The monoisotopic (exact) mass is 326 g/mol. The van der Waals surface area contributed by atoms with Gasteiger partial charge in [-0.3, -0.25) is 4.79 Å². The zero-order valence-corrected chi connectivity index (χ0v) is 13.9. The summed E-state index contributed by atoms with van der Waals surface area (Å²) in [5, 5.41) is 2.78. The highest BCUT2D eigenvalue weighted by molar-refractivity contribution is 7.89. The lowest BCUT2D eigenvalue weighted by Gasteiger charge is -2.39. The summed E-state index contributed by atoms with van der Waals surface area (Å²) in [6.45, 7) is 0. The van der Waals surface area contributed by atoms with E-state index in [4.69, 9.17) is 4.74 Å². The van der Waals surface area contributed by atoms with Crippen LogP contribution in [0.4, 0.5) is 5.69 Å². The molecule has 0 unspecified atom stereocenters. The smallest absolute Gasteiger partial charge is 0.242 e. The fourth-order valence-corrected chi connectivity index (χ4v) is 3.34. The van der Waals surface area contributed by atoms with E-state index in [2.05, 4.69) is 5.32 Å². The summed E-state index contributed by atoms with van der Waals surface area (Å²) < 4.78 is 30.5. The van der Waals surface area contributed by atoms with E-state index in [1.165, 1.54) is 26.2 Å². The third-order valence-electron chi connectivity index (χ3n) is 4.10. The van der Waals surface area contributed by atoms with Gasteiger partial charge in [-0.2, -0.15) is 0 Å². The predicted molar refractivity (Wildman–Crippen MR) is 84.2 cm³/mol. The van der Waals surface area contributed by atoms with Crippen molar-refractivity contribution in [2.75, 3.05) is 26.5 Å². The van der Waals surface area contributed by atoms with Gasteiger partial charge in [0.1, 0.15) is 0 Å². The summed E-state index contributed by atoms with van der Waals surface area (Å²) >= 11 is 0. The SMILES string of the molecule is COC1(CC(=O)Nc2ccc(S(=O)(=O)N(C)C)cc2)CCC1. The topological polar surface area (TPSA) is 75.7 Å². The summed E-state index contributed by atoms with van der Waals surface area (Å²) in [5.74, 6) is -0.121. The van der Waals surface area contributed by atoms with Crippen molar-refractivity contribution in [1.29, 1.82) is 0 Å². The average Bonchev–Trinajstić information content (AvgIpc) is 2.43. The standard InChI is InChI=1S/C15H22N2O4S/c1-17(2)22(19,20)13-7-5-12(6-8-13)16-14(18)11-15(21-3)9-4-10-15/h5-8H,4,9-11H2,1-3H3,(H,16,18). The van der Waals surface area contributed by atoms with Crippen molar-refractivity contribution in [2.45, 2.75) is 36.2 Å². The predicted octanol–water partition coefficient (Wildman–Crippen LogP) is 1.83. The zero-order valence-electron chi connectivity index (χ0n) is 13.1. The van der Waals surface area contributed by atoms with Crippen molar-refractivity contribution in [3.63, 3.8) is 0 Å². The van der Waals surface area contributed by atoms with Crippen LogP contribution in [-0.2, 0) is 19.6 Å². The van der Waals surface area contributed by atoms with Gasteiger partial charge in [0.25, 0.3) is 0 Å². The highest BCUT2D eigenvalue weighted by Gasteiger charge is 2.38. The lowest BCUT2D eigenvalue weighted by atomic mass is 9.77. The third kappa shape index (κ3) is 3.48. The maximum absolute atomic E-state index is 12.1. The Morgan fingerprint density at radius 2 is 1.86 bits per heavy atom. The molecule has 1 aliphatic carbocycles. The minimum absolute atomic E-state index is 0.121. The molecule has 0 atom stereocenters. The molecule has 0 saturated heterocycles. The fraction of sp³-hybridized carbons (Fsp3) is 0.533. The lowest BCUT2D eigenvalue weighted by molar-refractivity contribution is -0.129. The van der Waals surface area contributed by atoms with Crippen LogP contribution in [0.3, 0.4) is 0 Å². The second-order valence-corrected chi connectivity index (χ2v) is 7.93. The first-order valence-electron chi connectivity index (χ1n) is 7.17. The van der Waals surface area contributed by atoms with E-state index in [9.17, 15) is 13.2 Å². The number of sulfonamides is 1. The minimum Gasteiger partial charge on any atom is -0.378 e. The van der Waals surface area contributed by atoms with Gasteiger partial charge in [0.2, 0.25) is 15.9 Å². The van der Waals surface area contributed by atoms with Crippen molar-refractivity contribution < 1.29 is 17.9 Å². The first-order valence-corrected chi connectivity index (χ1v) is 8.61. The highest BCUT2D eigenvalue weighted by Crippen LogP contribution is 2.38. The van der Waals surface area contributed by atoms with Gasteiger partial charge in [-0.15, -0.1) is 0 Å². The number of hydrogen-bond acceptors (Lipinski definition) is 4. The second-order valence-electron chi connectivity index (χ2n) is 5.78. The Balaban J connectivity index is 2.01.